The van der Waals surface area contributed by atoms with Crippen LogP contribution in [-0.2, 0) is 6.54 Å². The van der Waals surface area contributed by atoms with E-state index in [1.54, 1.807) is 43.5 Å². The maximum Gasteiger partial charge on any atom is 0.332 e. The van der Waals surface area contributed by atoms with Crippen molar-refractivity contribution in [3.05, 3.63) is 62.8 Å². The largest absolute Gasteiger partial charge is 0.497 e. The van der Waals surface area contributed by atoms with E-state index >= 15 is 0 Å². The minimum atomic E-state index is -0.478. The van der Waals surface area contributed by atoms with Gasteiger partial charge in [-0.05, 0) is 43.2 Å². The monoisotopic (exact) mass is 452 g/mol. The van der Waals surface area contributed by atoms with Crippen LogP contribution in [0.25, 0.3) is 10.9 Å². The van der Waals surface area contributed by atoms with Gasteiger partial charge in [-0.2, -0.15) is 0 Å². The van der Waals surface area contributed by atoms with Crippen LogP contribution in [0, 0.1) is 0 Å². The number of fused-ring (bicyclic) bond motifs is 1. The molecule has 0 N–H and O–H groups in total. The summed E-state index contributed by atoms with van der Waals surface area (Å²) in [6.45, 7) is -0.204. The second-order valence-electron chi connectivity index (χ2n) is 8.21. The summed E-state index contributed by atoms with van der Waals surface area (Å²) in [6.07, 6.45) is 4.55. The molecular weight excluding hydrogens is 424 g/mol. The summed E-state index contributed by atoms with van der Waals surface area (Å²) in [4.78, 5) is 40.2. The molecule has 0 amide bonds. The maximum absolute atomic E-state index is 13.6. The molecule has 0 radical (unpaired) electrons. The maximum atomic E-state index is 13.6. The summed E-state index contributed by atoms with van der Waals surface area (Å²) in [6, 6.07) is 9.71. The molecule has 0 bridgehead atoms. The molecule has 1 aliphatic carbocycles. The van der Waals surface area contributed by atoms with Gasteiger partial charge in [-0.3, -0.25) is 18.7 Å². The highest BCUT2D eigenvalue weighted by Crippen LogP contribution is 2.32. The first-order chi connectivity index (χ1) is 16.0. The molecule has 1 heterocycles. The molecule has 8 nitrogen and oxygen atoms in total. The average Bonchev–Trinajstić information content (AvgIpc) is 2.86. The number of carbonyl (C=O) groups is 1. The number of hydrogen-bond donors (Lipinski definition) is 0. The number of aromatic nitrogens is 2. The predicted molar refractivity (Wildman–Crippen MR) is 125 cm³/mol. The van der Waals surface area contributed by atoms with Crippen LogP contribution in [-0.4, -0.2) is 36.2 Å². The lowest BCUT2D eigenvalue weighted by molar-refractivity contribution is 0.0970. The Morgan fingerprint density at radius 2 is 1.55 bits per heavy atom. The van der Waals surface area contributed by atoms with E-state index in [1.807, 2.05) is 0 Å². The number of benzene rings is 2. The van der Waals surface area contributed by atoms with Crippen molar-refractivity contribution >= 4 is 16.7 Å². The first kappa shape index (κ1) is 22.6. The van der Waals surface area contributed by atoms with E-state index in [0.717, 1.165) is 32.1 Å². The molecule has 0 atom stereocenters. The number of ether oxygens (including phenoxy) is 3. The van der Waals surface area contributed by atoms with Crippen LogP contribution in [0.1, 0.15) is 48.5 Å². The molecule has 0 unspecified atom stereocenters. The number of carbonyl (C=O) groups excluding carboxylic acids is 1. The van der Waals surface area contributed by atoms with Gasteiger partial charge in [-0.1, -0.05) is 19.3 Å². The Morgan fingerprint density at radius 3 is 2.15 bits per heavy atom. The van der Waals surface area contributed by atoms with Gasteiger partial charge in [0.25, 0.3) is 5.56 Å². The second-order valence-corrected chi connectivity index (χ2v) is 8.21. The minimum absolute atomic E-state index is 0.182. The molecular formula is C25H28N2O6. The fraction of sp³-hybridized carbons (Fsp3) is 0.400. The summed E-state index contributed by atoms with van der Waals surface area (Å²) in [5.74, 6) is 1.16. The van der Waals surface area contributed by atoms with Gasteiger partial charge in [-0.15, -0.1) is 0 Å². The Morgan fingerprint density at radius 1 is 0.909 bits per heavy atom. The number of nitrogens with zero attached hydrogens (tertiary/aromatic N) is 2. The van der Waals surface area contributed by atoms with Crippen molar-refractivity contribution in [2.45, 2.75) is 44.7 Å². The van der Waals surface area contributed by atoms with Crippen LogP contribution in [0.2, 0.25) is 0 Å². The van der Waals surface area contributed by atoms with Crippen molar-refractivity contribution in [3.63, 3.8) is 0 Å². The summed E-state index contributed by atoms with van der Waals surface area (Å²) in [5, 5.41) is 0.320. The average molecular weight is 453 g/mol. The SMILES string of the molecule is COc1ccc(C(=O)Cn2c(=O)n(C3CCCCC3)c(=O)c3cc(OC)c(OC)cc32)cc1. The van der Waals surface area contributed by atoms with Crippen LogP contribution in [0.15, 0.2) is 46.0 Å². The zero-order valence-corrected chi connectivity index (χ0v) is 19.1. The highest BCUT2D eigenvalue weighted by atomic mass is 16.5. The standard InChI is InChI=1S/C25H28N2O6/c1-31-18-11-9-16(10-12-18)21(28)15-26-20-14-23(33-3)22(32-2)13-19(20)24(29)27(25(26)30)17-7-5-4-6-8-17/h9-14,17H,4-8,15H2,1-3H3. The van der Waals surface area contributed by atoms with E-state index in [2.05, 4.69) is 0 Å². The van der Waals surface area contributed by atoms with E-state index in [4.69, 9.17) is 14.2 Å². The number of hydrogen-bond acceptors (Lipinski definition) is 6. The van der Waals surface area contributed by atoms with Crippen LogP contribution < -0.4 is 25.5 Å². The van der Waals surface area contributed by atoms with Gasteiger partial charge < -0.3 is 14.2 Å². The van der Waals surface area contributed by atoms with Gasteiger partial charge in [0.2, 0.25) is 0 Å². The van der Waals surface area contributed by atoms with Crippen molar-refractivity contribution in [3.8, 4) is 17.2 Å². The van der Waals surface area contributed by atoms with Gasteiger partial charge in [0.05, 0.1) is 38.8 Å². The smallest absolute Gasteiger partial charge is 0.332 e. The number of Topliss-reactive ketones (excluding diaryl/α,β-unsaturated/α-hetero) is 1. The normalized spacial score (nSPS) is 14.3. The Balaban J connectivity index is 1.90. The highest BCUT2D eigenvalue weighted by Gasteiger charge is 2.24. The molecule has 33 heavy (non-hydrogen) atoms. The van der Waals surface area contributed by atoms with Gasteiger partial charge >= 0.3 is 5.69 Å². The lowest BCUT2D eigenvalue weighted by Crippen LogP contribution is -2.43. The van der Waals surface area contributed by atoms with Crippen molar-refractivity contribution in [2.75, 3.05) is 21.3 Å². The fourth-order valence-corrected chi connectivity index (χ4v) is 4.54. The van der Waals surface area contributed by atoms with Gasteiger partial charge in [0.15, 0.2) is 17.3 Å². The molecule has 0 aliphatic heterocycles. The Labute approximate surface area is 191 Å². The summed E-state index contributed by atoms with van der Waals surface area (Å²) in [5.41, 5.74) is -0.0483. The molecule has 0 saturated heterocycles. The van der Waals surface area contributed by atoms with Gasteiger partial charge in [0.1, 0.15) is 5.75 Å². The lowest BCUT2D eigenvalue weighted by Gasteiger charge is -2.25. The number of ketones is 1. The van der Waals surface area contributed by atoms with E-state index in [-0.39, 0.29) is 23.9 Å². The lowest BCUT2D eigenvalue weighted by atomic mass is 9.95. The minimum Gasteiger partial charge on any atom is -0.497 e. The number of rotatable bonds is 7. The van der Waals surface area contributed by atoms with E-state index in [1.165, 1.54) is 23.4 Å². The summed E-state index contributed by atoms with van der Waals surface area (Å²) in [7, 11) is 4.53. The topological polar surface area (TPSA) is 88.8 Å². The Kier molecular flexibility index (Phi) is 6.53. The number of methoxy groups -OCH3 is 3. The van der Waals surface area contributed by atoms with E-state index in [0.29, 0.717) is 33.7 Å². The van der Waals surface area contributed by atoms with Crippen molar-refractivity contribution in [1.29, 1.82) is 0 Å². The van der Waals surface area contributed by atoms with Crippen molar-refractivity contribution in [1.82, 2.24) is 9.13 Å². The van der Waals surface area contributed by atoms with Gasteiger partial charge in [-0.25, -0.2) is 4.79 Å². The predicted octanol–water partition coefficient (Wildman–Crippen LogP) is 3.58. The Hall–Kier alpha value is -3.55. The van der Waals surface area contributed by atoms with Crippen LogP contribution in [0.3, 0.4) is 0 Å². The second kappa shape index (κ2) is 9.52. The first-order valence-corrected chi connectivity index (χ1v) is 11.1. The van der Waals surface area contributed by atoms with E-state index < -0.39 is 5.69 Å². The third-order valence-electron chi connectivity index (χ3n) is 6.33. The van der Waals surface area contributed by atoms with Crippen LogP contribution >= 0.6 is 0 Å². The zero-order valence-electron chi connectivity index (χ0n) is 19.1. The third kappa shape index (κ3) is 4.25. The first-order valence-electron chi connectivity index (χ1n) is 11.1. The summed E-state index contributed by atoms with van der Waals surface area (Å²) < 4.78 is 18.6. The quantitative estimate of drug-likeness (QED) is 0.509. The van der Waals surface area contributed by atoms with Gasteiger partial charge in [0, 0.05) is 17.7 Å². The van der Waals surface area contributed by atoms with Crippen molar-refractivity contribution < 1.29 is 19.0 Å². The molecule has 1 fully saturated rings. The third-order valence-corrected chi connectivity index (χ3v) is 6.33. The molecule has 3 aromatic rings. The van der Waals surface area contributed by atoms with Crippen LogP contribution in [0.5, 0.6) is 17.2 Å². The molecule has 1 aliphatic rings. The molecule has 1 aromatic heterocycles. The zero-order chi connectivity index (χ0) is 23.5. The Bertz CT molecular complexity index is 1280. The van der Waals surface area contributed by atoms with E-state index in [9.17, 15) is 14.4 Å². The molecule has 8 heteroatoms. The molecule has 1 saturated carbocycles. The molecule has 4 rings (SSSR count). The summed E-state index contributed by atoms with van der Waals surface area (Å²) >= 11 is 0. The molecule has 0 spiro atoms. The molecule has 2 aromatic carbocycles. The fourth-order valence-electron chi connectivity index (χ4n) is 4.54. The van der Waals surface area contributed by atoms with Crippen LogP contribution in [0.4, 0.5) is 0 Å². The highest BCUT2D eigenvalue weighted by molar-refractivity contribution is 5.97. The molecule has 174 valence electrons. The van der Waals surface area contributed by atoms with Crippen molar-refractivity contribution in [2.24, 2.45) is 0 Å².